The molecule has 1 fully saturated rings. The summed E-state index contributed by atoms with van der Waals surface area (Å²) in [5.74, 6) is 0.823. The van der Waals surface area contributed by atoms with Crippen LogP contribution in [0.4, 0.5) is 0 Å². The van der Waals surface area contributed by atoms with Crippen molar-refractivity contribution in [1.29, 1.82) is 0 Å². The van der Waals surface area contributed by atoms with E-state index in [9.17, 15) is 4.79 Å². The molecule has 2 heterocycles. The molecule has 0 saturated carbocycles. The predicted octanol–water partition coefficient (Wildman–Crippen LogP) is 2.25. The molecule has 0 amide bonds. The van der Waals surface area contributed by atoms with E-state index in [-0.39, 0.29) is 4.87 Å². The maximum Gasteiger partial charge on any atom is 0.305 e. The first-order chi connectivity index (χ1) is 11.2. The molecule has 0 spiro atoms. The summed E-state index contributed by atoms with van der Waals surface area (Å²) >= 11 is 1.32. The van der Waals surface area contributed by atoms with Crippen LogP contribution in [0.3, 0.4) is 0 Å². The number of aromatic nitrogens is 1. The van der Waals surface area contributed by atoms with Crippen molar-refractivity contribution >= 4 is 11.3 Å². The van der Waals surface area contributed by atoms with Gasteiger partial charge in [-0.2, -0.15) is 0 Å². The highest BCUT2D eigenvalue weighted by atomic mass is 32.1. The second-order valence-electron chi connectivity index (χ2n) is 5.75. The zero-order chi connectivity index (χ0) is 16.2. The van der Waals surface area contributed by atoms with Crippen molar-refractivity contribution in [2.45, 2.75) is 13.5 Å². The van der Waals surface area contributed by atoms with Gasteiger partial charge in [-0.15, -0.1) is 0 Å². The maximum atomic E-state index is 11.9. The molecule has 124 valence electrons. The minimum atomic E-state index is 0.0120. The number of benzene rings is 1. The molecule has 1 aromatic heterocycles. The summed E-state index contributed by atoms with van der Waals surface area (Å²) in [6, 6.07) is 7.84. The summed E-state index contributed by atoms with van der Waals surface area (Å²) in [5.41, 5.74) is 1.98. The van der Waals surface area contributed by atoms with Crippen molar-refractivity contribution in [3.8, 4) is 17.0 Å². The highest BCUT2D eigenvalue weighted by Crippen LogP contribution is 2.26. The first-order valence-electron chi connectivity index (χ1n) is 8.00. The first kappa shape index (κ1) is 16.2. The van der Waals surface area contributed by atoms with Crippen LogP contribution in [-0.2, 0) is 6.54 Å². The molecule has 0 unspecified atom stereocenters. The number of thiazole rings is 1. The van der Waals surface area contributed by atoms with Gasteiger partial charge in [-0.05, 0) is 36.4 Å². The molecule has 1 saturated heterocycles. The summed E-state index contributed by atoms with van der Waals surface area (Å²) in [7, 11) is 1.66. The lowest BCUT2D eigenvalue weighted by Crippen LogP contribution is -2.45. The van der Waals surface area contributed by atoms with E-state index in [4.69, 9.17) is 4.74 Å². The Hall–Kier alpha value is -1.63. The Morgan fingerprint density at radius 1 is 1.13 bits per heavy atom. The maximum absolute atomic E-state index is 11.9. The number of nitrogens with zero attached hydrogens (tertiary/aromatic N) is 2. The Morgan fingerprint density at radius 3 is 2.39 bits per heavy atom. The Kier molecular flexibility index (Phi) is 5.15. The lowest BCUT2D eigenvalue weighted by atomic mass is 10.1. The van der Waals surface area contributed by atoms with Crippen molar-refractivity contribution < 1.29 is 4.74 Å². The monoisotopic (exact) mass is 333 g/mol. The molecule has 1 N–H and O–H groups in total. The van der Waals surface area contributed by atoms with Gasteiger partial charge >= 0.3 is 4.87 Å². The Balaban J connectivity index is 1.76. The zero-order valence-corrected chi connectivity index (χ0v) is 14.5. The van der Waals surface area contributed by atoms with Gasteiger partial charge in [-0.25, -0.2) is 0 Å². The van der Waals surface area contributed by atoms with E-state index >= 15 is 0 Å². The van der Waals surface area contributed by atoms with Crippen LogP contribution in [0, 0.1) is 0 Å². The van der Waals surface area contributed by atoms with E-state index in [0.29, 0.717) is 0 Å². The van der Waals surface area contributed by atoms with Crippen LogP contribution in [0.5, 0.6) is 5.75 Å². The number of likely N-dealkylation sites (N-methyl/N-ethyl adjacent to an activating group) is 1. The lowest BCUT2D eigenvalue weighted by molar-refractivity contribution is 0.133. The smallest absolute Gasteiger partial charge is 0.305 e. The quantitative estimate of drug-likeness (QED) is 0.912. The standard InChI is InChI=1S/C17H23N3O2S/c1-3-19-8-10-20(11-9-19)12-15-16(18-17(21)23-15)13-4-6-14(22-2)7-5-13/h4-7H,3,8-12H2,1-2H3,(H,18,21). The van der Waals surface area contributed by atoms with Gasteiger partial charge in [-0.1, -0.05) is 18.3 Å². The number of nitrogens with one attached hydrogen (secondary N) is 1. The molecule has 0 aliphatic carbocycles. The fourth-order valence-electron chi connectivity index (χ4n) is 2.93. The SMILES string of the molecule is CCN1CCN(Cc2sc(=O)[nH]c2-c2ccc(OC)cc2)CC1. The van der Waals surface area contributed by atoms with Gasteiger partial charge in [0.1, 0.15) is 5.75 Å². The summed E-state index contributed by atoms with van der Waals surface area (Å²) in [6.07, 6.45) is 0. The molecule has 0 atom stereocenters. The minimum absolute atomic E-state index is 0.0120. The highest BCUT2D eigenvalue weighted by Gasteiger charge is 2.19. The number of hydrogen-bond acceptors (Lipinski definition) is 5. The number of hydrogen-bond donors (Lipinski definition) is 1. The van der Waals surface area contributed by atoms with Crippen molar-refractivity contribution in [3.63, 3.8) is 0 Å². The molecular weight excluding hydrogens is 310 g/mol. The van der Waals surface area contributed by atoms with Gasteiger partial charge in [0.15, 0.2) is 0 Å². The number of aromatic amines is 1. The zero-order valence-electron chi connectivity index (χ0n) is 13.7. The van der Waals surface area contributed by atoms with Crippen LogP contribution >= 0.6 is 11.3 Å². The molecule has 0 bridgehead atoms. The summed E-state index contributed by atoms with van der Waals surface area (Å²) in [4.78, 5) is 20.9. The molecule has 1 aromatic carbocycles. The number of methoxy groups -OCH3 is 1. The van der Waals surface area contributed by atoms with E-state index in [1.807, 2.05) is 24.3 Å². The average molecular weight is 333 g/mol. The van der Waals surface area contributed by atoms with Gasteiger partial charge in [0.25, 0.3) is 0 Å². The average Bonchev–Trinajstić information content (AvgIpc) is 2.96. The largest absolute Gasteiger partial charge is 0.497 e. The van der Waals surface area contributed by atoms with Gasteiger partial charge in [0, 0.05) is 37.6 Å². The van der Waals surface area contributed by atoms with Crippen LogP contribution in [0.25, 0.3) is 11.3 Å². The second-order valence-corrected chi connectivity index (χ2v) is 6.82. The molecule has 1 aliphatic heterocycles. The summed E-state index contributed by atoms with van der Waals surface area (Å²) in [5, 5.41) is 0. The predicted molar refractivity (Wildman–Crippen MR) is 94.3 cm³/mol. The number of rotatable bonds is 5. The number of piperazine rings is 1. The van der Waals surface area contributed by atoms with Crippen molar-refractivity contribution in [2.75, 3.05) is 39.8 Å². The Bertz CT molecular complexity index is 685. The fourth-order valence-corrected chi connectivity index (χ4v) is 3.82. The molecule has 23 heavy (non-hydrogen) atoms. The normalized spacial score (nSPS) is 16.6. The van der Waals surface area contributed by atoms with E-state index in [1.54, 1.807) is 7.11 Å². The van der Waals surface area contributed by atoms with Gasteiger partial charge in [-0.3, -0.25) is 9.69 Å². The van der Waals surface area contributed by atoms with E-state index in [1.165, 1.54) is 11.3 Å². The third-order valence-corrected chi connectivity index (χ3v) is 5.25. The first-order valence-corrected chi connectivity index (χ1v) is 8.82. The van der Waals surface area contributed by atoms with Gasteiger partial charge in [0.05, 0.1) is 12.8 Å². The third kappa shape index (κ3) is 3.83. The number of ether oxygens (including phenoxy) is 1. The van der Waals surface area contributed by atoms with Crippen LogP contribution in [0.15, 0.2) is 29.1 Å². The Labute approximate surface area is 140 Å². The summed E-state index contributed by atoms with van der Waals surface area (Å²) in [6.45, 7) is 8.48. The fraction of sp³-hybridized carbons (Fsp3) is 0.471. The van der Waals surface area contributed by atoms with E-state index < -0.39 is 0 Å². The van der Waals surface area contributed by atoms with Crippen molar-refractivity contribution in [2.24, 2.45) is 0 Å². The topological polar surface area (TPSA) is 48.6 Å². The molecule has 0 radical (unpaired) electrons. The van der Waals surface area contributed by atoms with Crippen molar-refractivity contribution in [3.05, 3.63) is 38.8 Å². The summed E-state index contributed by atoms with van der Waals surface area (Å²) < 4.78 is 5.20. The van der Waals surface area contributed by atoms with Gasteiger partial charge in [0.2, 0.25) is 0 Å². The number of H-pyrrole nitrogens is 1. The Morgan fingerprint density at radius 2 is 1.78 bits per heavy atom. The molecule has 1 aliphatic rings. The molecular formula is C17H23N3O2S. The lowest BCUT2D eigenvalue weighted by Gasteiger charge is -2.33. The van der Waals surface area contributed by atoms with E-state index in [2.05, 4.69) is 21.7 Å². The van der Waals surface area contributed by atoms with Crippen LogP contribution in [0.1, 0.15) is 11.8 Å². The highest BCUT2D eigenvalue weighted by molar-refractivity contribution is 7.09. The van der Waals surface area contributed by atoms with Crippen LogP contribution in [0.2, 0.25) is 0 Å². The molecule has 6 heteroatoms. The molecule has 3 rings (SSSR count). The third-order valence-electron chi connectivity index (χ3n) is 4.38. The molecule has 2 aromatic rings. The minimum Gasteiger partial charge on any atom is -0.497 e. The second kappa shape index (κ2) is 7.29. The van der Waals surface area contributed by atoms with Crippen LogP contribution in [-0.4, -0.2) is 54.6 Å². The molecule has 5 nitrogen and oxygen atoms in total. The van der Waals surface area contributed by atoms with Gasteiger partial charge < -0.3 is 14.6 Å². The van der Waals surface area contributed by atoms with E-state index in [0.717, 1.165) is 61.2 Å². The van der Waals surface area contributed by atoms with Crippen LogP contribution < -0.4 is 9.61 Å². The van der Waals surface area contributed by atoms with Crippen molar-refractivity contribution in [1.82, 2.24) is 14.8 Å².